The lowest BCUT2D eigenvalue weighted by atomic mass is 10.0. The lowest BCUT2D eigenvalue weighted by molar-refractivity contribution is 0.889. The average molecular weight is 420 g/mol. The molecule has 1 aliphatic rings. The molecule has 0 aliphatic heterocycles. The van der Waals surface area contributed by atoms with Gasteiger partial charge in [-0.05, 0) is 57.0 Å². The van der Waals surface area contributed by atoms with Gasteiger partial charge in [0.15, 0.2) is 0 Å². The predicted molar refractivity (Wildman–Crippen MR) is 120 cm³/mol. The van der Waals surface area contributed by atoms with E-state index >= 15 is 0 Å². The van der Waals surface area contributed by atoms with Crippen molar-refractivity contribution in [2.45, 2.75) is 38.8 Å². The Bertz CT molecular complexity index is 1210. The fourth-order valence-electron chi connectivity index (χ4n) is 3.42. The van der Waals surface area contributed by atoms with Crippen LogP contribution in [0.3, 0.4) is 0 Å². The van der Waals surface area contributed by atoms with E-state index in [1.165, 1.54) is 0 Å². The lowest BCUT2D eigenvalue weighted by Gasteiger charge is -2.10. The molecule has 0 radical (unpaired) electrons. The first-order chi connectivity index (χ1) is 14.6. The van der Waals surface area contributed by atoms with Crippen LogP contribution in [0, 0.1) is 0 Å². The van der Waals surface area contributed by atoms with Gasteiger partial charge in [0, 0.05) is 30.0 Å². The van der Waals surface area contributed by atoms with E-state index in [1.54, 1.807) is 16.9 Å². The predicted octanol–water partition coefficient (Wildman–Crippen LogP) is 4.90. The summed E-state index contributed by atoms with van der Waals surface area (Å²) in [5, 5.41) is 12.1. The molecule has 0 spiro atoms. The summed E-state index contributed by atoms with van der Waals surface area (Å²) in [6.07, 6.45) is 5.89. The molecule has 4 heterocycles. The second kappa shape index (κ2) is 7.57. The third-order valence-corrected chi connectivity index (χ3v) is 5.19. The maximum atomic E-state index is 6.46. The highest BCUT2D eigenvalue weighted by Gasteiger charge is 2.23. The molecule has 5 rings (SSSR count). The highest BCUT2D eigenvalue weighted by molar-refractivity contribution is 6.29. The standard InChI is InChI=1S/C22H22ClN7/c1-13(2)26-19-12-14(8-10-24-19)21-20(17-4-3-5-18(23)30(17)29-21)16-9-11-25-22(28-16)27-15-6-7-15/h3-5,8-13,15H,6-7H2,1-2H3,(H,24,26)(H,25,27,28). The van der Waals surface area contributed by atoms with E-state index in [2.05, 4.69) is 34.4 Å². The molecule has 30 heavy (non-hydrogen) atoms. The van der Waals surface area contributed by atoms with Gasteiger partial charge in [-0.1, -0.05) is 17.7 Å². The molecule has 1 saturated carbocycles. The highest BCUT2D eigenvalue weighted by Crippen LogP contribution is 2.36. The van der Waals surface area contributed by atoms with Crippen molar-refractivity contribution in [3.8, 4) is 22.5 Å². The molecule has 0 saturated heterocycles. The molecule has 7 nitrogen and oxygen atoms in total. The average Bonchev–Trinajstić information content (AvgIpc) is 3.44. The number of hydrogen-bond donors (Lipinski definition) is 2. The number of pyridine rings is 2. The molecule has 0 aromatic carbocycles. The van der Waals surface area contributed by atoms with E-state index in [0.29, 0.717) is 17.1 Å². The number of hydrogen-bond acceptors (Lipinski definition) is 6. The van der Waals surface area contributed by atoms with Crippen LogP contribution >= 0.6 is 11.6 Å². The Labute approximate surface area is 179 Å². The van der Waals surface area contributed by atoms with Gasteiger partial charge >= 0.3 is 0 Å². The smallest absolute Gasteiger partial charge is 0.223 e. The second-order valence-electron chi connectivity index (χ2n) is 7.78. The van der Waals surface area contributed by atoms with Crippen LogP contribution in [0.2, 0.25) is 5.15 Å². The van der Waals surface area contributed by atoms with Gasteiger partial charge in [0.25, 0.3) is 0 Å². The van der Waals surface area contributed by atoms with Crippen molar-refractivity contribution >= 4 is 28.9 Å². The van der Waals surface area contributed by atoms with Crippen LogP contribution in [0.4, 0.5) is 11.8 Å². The van der Waals surface area contributed by atoms with E-state index in [0.717, 1.165) is 46.7 Å². The van der Waals surface area contributed by atoms with E-state index in [1.807, 2.05) is 36.4 Å². The Morgan fingerprint density at radius 3 is 2.73 bits per heavy atom. The van der Waals surface area contributed by atoms with Crippen molar-refractivity contribution in [2.24, 2.45) is 0 Å². The molecule has 0 bridgehead atoms. The van der Waals surface area contributed by atoms with Crippen LogP contribution in [0.1, 0.15) is 26.7 Å². The van der Waals surface area contributed by atoms with Crippen molar-refractivity contribution < 1.29 is 0 Å². The zero-order chi connectivity index (χ0) is 20.7. The maximum Gasteiger partial charge on any atom is 0.223 e. The fraction of sp³-hybridized carbons (Fsp3) is 0.273. The van der Waals surface area contributed by atoms with Gasteiger partial charge in [-0.3, -0.25) is 0 Å². The largest absolute Gasteiger partial charge is 0.368 e. The zero-order valence-electron chi connectivity index (χ0n) is 16.8. The molecule has 4 aromatic rings. The van der Waals surface area contributed by atoms with Crippen LogP contribution in [0.15, 0.2) is 48.8 Å². The third kappa shape index (κ3) is 3.68. The van der Waals surface area contributed by atoms with E-state index < -0.39 is 0 Å². The zero-order valence-corrected chi connectivity index (χ0v) is 17.6. The van der Waals surface area contributed by atoms with Gasteiger partial charge in [-0.2, -0.15) is 5.10 Å². The van der Waals surface area contributed by atoms with Gasteiger partial charge in [0.05, 0.1) is 16.8 Å². The Morgan fingerprint density at radius 2 is 1.93 bits per heavy atom. The summed E-state index contributed by atoms with van der Waals surface area (Å²) in [6, 6.07) is 12.4. The number of anilines is 2. The molecular weight excluding hydrogens is 398 g/mol. The summed E-state index contributed by atoms with van der Waals surface area (Å²) >= 11 is 6.46. The van der Waals surface area contributed by atoms with E-state index in [-0.39, 0.29) is 6.04 Å². The molecule has 2 N–H and O–H groups in total. The molecule has 1 aliphatic carbocycles. The molecule has 0 amide bonds. The summed E-state index contributed by atoms with van der Waals surface area (Å²) in [6.45, 7) is 4.17. The molecule has 8 heteroatoms. The minimum Gasteiger partial charge on any atom is -0.368 e. The highest BCUT2D eigenvalue weighted by atomic mass is 35.5. The summed E-state index contributed by atoms with van der Waals surface area (Å²) in [7, 11) is 0. The second-order valence-corrected chi connectivity index (χ2v) is 8.17. The van der Waals surface area contributed by atoms with Crippen molar-refractivity contribution in [1.82, 2.24) is 24.6 Å². The molecule has 0 atom stereocenters. The fourth-order valence-corrected chi connectivity index (χ4v) is 3.62. The molecule has 4 aromatic heterocycles. The minimum absolute atomic E-state index is 0.278. The number of aromatic nitrogens is 5. The van der Waals surface area contributed by atoms with Crippen molar-refractivity contribution in [3.63, 3.8) is 0 Å². The Kier molecular flexibility index (Phi) is 4.75. The Hall–Kier alpha value is -3.19. The first kappa shape index (κ1) is 18.8. The summed E-state index contributed by atoms with van der Waals surface area (Å²) < 4.78 is 1.75. The minimum atomic E-state index is 0.278. The van der Waals surface area contributed by atoms with Crippen molar-refractivity contribution in [3.05, 3.63) is 53.9 Å². The molecule has 0 unspecified atom stereocenters. The number of nitrogens with zero attached hydrogens (tertiary/aromatic N) is 5. The van der Waals surface area contributed by atoms with Crippen LogP contribution in [0.25, 0.3) is 28.0 Å². The SMILES string of the molecule is CC(C)Nc1cc(-c2nn3c(Cl)cccc3c2-c2ccnc(NC3CC3)n2)ccn1. The normalized spacial score (nSPS) is 13.7. The molecule has 152 valence electrons. The van der Waals surface area contributed by atoms with Crippen LogP contribution < -0.4 is 10.6 Å². The molecule has 1 fully saturated rings. The van der Waals surface area contributed by atoms with Gasteiger partial charge < -0.3 is 10.6 Å². The van der Waals surface area contributed by atoms with Crippen LogP contribution in [-0.2, 0) is 0 Å². The Balaban J connectivity index is 1.68. The summed E-state index contributed by atoms with van der Waals surface area (Å²) in [5.74, 6) is 1.44. The first-order valence-electron chi connectivity index (χ1n) is 10.1. The number of rotatable bonds is 6. The molecular formula is C22H22ClN7. The van der Waals surface area contributed by atoms with Crippen molar-refractivity contribution in [1.29, 1.82) is 0 Å². The van der Waals surface area contributed by atoms with Crippen molar-refractivity contribution in [2.75, 3.05) is 10.6 Å². The van der Waals surface area contributed by atoms with Gasteiger partial charge in [0.2, 0.25) is 5.95 Å². The van der Waals surface area contributed by atoms with Gasteiger partial charge in [-0.25, -0.2) is 19.5 Å². The van der Waals surface area contributed by atoms with E-state index in [4.69, 9.17) is 21.7 Å². The van der Waals surface area contributed by atoms with Crippen LogP contribution in [-0.4, -0.2) is 36.6 Å². The van der Waals surface area contributed by atoms with E-state index in [9.17, 15) is 0 Å². The van der Waals surface area contributed by atoms with Gasteiger partial charge in [0.1, 0.15) is 16.7 Å². The monoisotopic (exact) mass is 419 g/mol. The number of nitrogens with one attached hydrogen (secondary N) is 2. The quantitative estimate of drug-likeness (QED) is 0.432. The summed E-state index contributed by atoms with van der Waals surface area (Å²) in [5.41, 5.74) is 4.35. The number of fused-ring (bicyclic) bond motifs is 1. The topological polar surface area (TPSA) is 80.0 Å². The lowest BCUT2D eigenvalue weighted by Crippen LogP contribution is -2.10. The maximum absolute atomic E-state index is 6.46. The number of halogens is 1. The first-order valence-corrected chi connectivity index (χ1v) is 10.5. The van der Waals surface area contributed by atoms with Crippen LogP contribution in [0.5, 0.6) is 0 Å². The Morgan fingerprint density at radius 1 is 1.10 bits per heavy atom. The van der Waals surface area contributed by atoms with Gasteiger partial charge in [-0.15, -0.1) is 0 Å². The third-order valence-electron chi connectivity index (χ3n) is 4.90. The summed E-state index contributed by atoms with van der Waals surface area (Å²) in [4.78, 5) is 13.6.